The van der Waals surface area contributed by atoms with Gasteiger partial charge in [-0.15, -0.1) is 0 Å². The summed E-state index contributed by atoms with van der Waals surface area (Å²) in [5.41, 5.74) is 1.64. The number of benzene rings is 1. The molecule has 5 rings (SSSR count). The monoisotopic (exact) mass is 433 g/mol. The number of carbonyl (C=O) groups excluding carboxylic acids is 2. The normalized spacial score (nSPS) is 21.9. The van der Waals surface area contributed by atoms with Crippen LogP contribution >= 0.6 is 0 Å². The van der Waals surface area contributed by atoms with Crippen LogP contribution in [0.2, 0.25) is 0 Å². The number of amides is 2. The van der Waals surface area contributed by atoms with Gasteiger partial charge in [-0.1, -0.05) is 25.0 Å². The van der Waals surface area contributed by atoms with Gasteiger partial charge in [-0.2, -0.15) is 0 Å². The van der Waals surface area contributed by atoms with E-state index in [0.717, 1.165) is 25.9 Å². The lowest BCUT2D eigenvalue weighted by atomic mass is 10.00. The van der Waals surface area contributed by atoms with Crippen molar-refractivity contribution in [3.05, 3.63) is 48.2 Å². The number of hydrogen-bond donors (Lipinski definition) is 1. The molecule has 4 heterocycles. The quantitative estimate of drug-likeness (QED) is 0.797. The summed E-state index contributed by atoms with van der Waals surface area (Å²) >= 11 is 0. The molecule has 0 saturated carbocycles. The first-order chi connectivity index (χ1) is 15.7. The third kappa shape index (κ3) is 4.27. The van der Waals surface area contributed by atoms with E-state index in [0.29, 0.717) is 35.3 Å². The summed E-state index contributed by atoms with van der Waals surface area (Å²) in [5, 5.41) is 2.91. The van der Waals surface area contributed by atoms with Crippen molar-refractivity contribution < 1.29 is 9.59 Å². The average molecular weight is 434 g/mol. The minimum Gasteiger partial charge on any atom is -0.319 e. The Labute approximate surface area is 189 Å². The van der Waals surface area contributed by atoms with Gasteiger partial charge in [0.1, 0.15) is 0 Å². The van der Waals surface area contributed by atoms with Crippen LogP contribution in [0.1, 0.15) is 48.9 Å². The highest BCUT2D eigenvalue weighted by molar-refractivity contribution is 6.17. The first-order valence-electron chi connectivity index (χ1n) is 11.9. The maximum absolute atomic E-state index is 13.8. The van der Waals surface area contributed by atoms with E-state index >= 15 is 0 Å². The molecular formula is C25H31N5O2. The van der Waals surface area contributed by atoms with E-state index in [-0.39, 0.29) is 11.8 Å². The third-order valence-corrected chi connectivity index (χ3v) is 6.89. The molecule has 1 atom stereocenters. The molecule has 2 aromatic rings. The van der Waals surface area contributed by atoms with Gasteiger partial charge in [-0.3, -0.25) is 19.4 Å². The molecule has 2 amide bonds. The Kier molecular flexibility index (Phi) is 6.19. The number of piperidine rings is 2. The third-order valence-electron chi connectivity index (χ3n) is 6.89. The molecule has 7 heteroatoms. The molecule has 2 saturated heterocycles. The molecule has 168 valence electrons. The molecule has 1 unspecified atom stereocenters. The van der Waals surface area contributed by atoms with Gasteiger partial charge in [-0.25, -0.2) is 4.98 Å². The first-order valence-corrected chi connectivity index (χ1v) is 11.9. The van der Waals surface area contributed by atoms with Crippen molar-refractivity contribution in [1.29, 1.82) is 0 Å². The summed E-state index contributed by atoms with van der Waals surface area (Å²) in [6, 6.07) is 11.2. The van der Waals surface area contributed by atoms with Crippen LogP contribution in [-0.2, 0) is 4.79 Å². The molecule has 1 aromatic carbocycles. The van der Waals surface area contributed by atoms with E-state index in [2.05, 4.69) is 20.1 Å². The number of rotatable bonds is 4. The zero-order valence-electron chi connectivity index (χ0n) is 18.5. The fourth-order valence-corrected chi connectivity index (χ4v) is 5.25. The molecule has 32 heavy (non-hydrogen) atoms. The predicted octanol–water partition coefficient (Wildman–Crippen LogP) is 3.65. The minimum absolute atomic E-state index is 0.0422. The number of nitrogens with one attached hydrogen (secondary N) is 1. The van der Waals surface area contributed by atoms with Crippen LogP contribution in [-0.4, -0.2) is 65.4 Å². The maximum atomic E-state index is 13.8. The molecule has 0 radical (unpaired) electrons. The SMILES string of the molecule is O=C1Nc2cccnc2N(C(=O)CN2CCCCC2CN2CCCCC2)c2ccccc21. The van der Waals surface area contributed by atoms with E-state index in [1.54, 1.807) is 29.3 Å². The number of carbonyl (C=O) groups is 2. The average Bonchev–Trinajstić information content (AvgIpc) is 2.95. The summed E-state index contributed by atoms with van der Waals surface area (Å²) in [4.78, 5) is 37.6. The molecule has 1 N–H and O–H groups in total. The number of pyridine rings is 1. The Hall–Kier alpha value is -2.77. The van der Waals surface area contributed by atoms with E-state index in [9.17, 15) is 9.59 Å². The van der Waals surface area contributed by atoms with Gasteiger partial charge in [0.15, 0.2) is 5.82 Å². The van der Waals surface area contributed by atoms with Crippen molar-refractivity contribution in [2.24, 2.45) is 0 Å². The van der Waals surface area contributed by atoms with Crippen LogP contribution in [0.15, 0.2) is 42.6 Å². The van der Waals surface area contributed by atoms with Crippen LogP contribution in [0, 0.1) is 0 Å². The fraction of sp³-hybridized carbons (Fsp3) is 0.480. The number of nitrogens with zero attached hydrogens (tertiary/aromatic N) is 4. The van der Waals surface area contributed by atoms with Crippen molar-refractivity contribution in [3.8, 4) is 0 Å². The highest BCUT2D eigenvalue weighted by Crippen LogP contribution is 2.36. The van der Waals surface area contributed by atoms with Crippen LogP contribution in [0.4, 0.5) is 17.2 Å². The zero-order valence-corrected chi connectivity index (χ0v) is 18.5. The van der Waals surface area contributed by atoms with Gasteiger partial charge >= 0.3 is 0 Å². The summed E-state index contributed by atoms with van der Waals surface area (Å²) in [6.07, 6.45) is 9.03. The second-order valence-corrected chi connectivity index (χ2v) is 9.06. The van der Waals surface area contributed by atoms with Gasteiger partial charge in [0.05, 0.1) is 23.5 Å². The van der Waals surface area contributed by atoms with Gasteiger partial charge in [0, 0.05) is 18.8 Å². The van der Waals surface area contributed by atoms with Crippen molar-refractivity contribution in [2.45, 2.75) is 44.6 Å². The molecule has 1 aromatic heterocycles. The van der Waals surface area contributed by atoms with E-state index in [1.165, 1.54) is 38.8 Å². The molecule has 0 bridgehead atoms. The molecule has 2 fully saturated rings. The number of para-hydroxylation sites is 1. The molecule has 3 aliphatic rings. The van der Waals surface area contributed by atoms with Gasteiger partial charge in [-0.05, 0) is 69.6 Å². The summed E-state index contributed by atoms with van der Waals surface area (Å²) in [6.45, 7) is 4.65. The summed E-state index contributed by atoms with van der Waals surface area (Å²) in [7, 11) is 0. The predicted molar refractivity (Wildman–Crippen MR) is 125 cm³/mol. The van der Waals surface area contributed by atoms with E-state index in [4.69, 9.17) is 0 Å². The highest BCUT2D eigenvalue weighted by Gasteiger charge is 2.33. The zero-order chi connectivity index (χ0) is 21.9. The van der Waals surface area contributed by atoms with Crippen molar-refractivity contribution in [2.75, 3.05) is 42.9 Å². The summed E-state index contributed by atoms with van der Waals surface area (Å²) < 4.78 is 0. The number of anilines is 3. The van der Waals surface area contributed by atoms with Crippen LogP contribution in [0.3, 0.4) is 0 Å². The molecule has 7 nitrogen and oxygen atoms in total. The maximum Gasteiger partial charge on any atom is 0.257 e. The standard InChI is InChI=1S/C25H31N5O2/c31-23(18-29-16-7-4-9-19(29)17-28-14-5-1-6-15-28)30-22-12-3-2-10-20(22)25(32)27-21-11-8-13-26-24(21)30/h2-3,8,10-13,19H,1,4-7,9,14-18H2,(H,27,32). The Morgan fingerprint density at radius 2 is 1.81 bits per heavy atom. The Balaban J connectivity index is 1.42. The Morgan fingerprint density at radius 3 is 2.69 bits per heavy atom. The lowest BCUT2D eigenvalue weighted by Crippen LogP contribution is -2.51. The number of likely N-dealkylation sites (tertiary alicyclic amines) is 2. The van der Waals surface area contributed by atoms with Crippen LogP contribution in [0.5, 0.6) is 0 Å². The smallest absolute Gasteiger partial charge is 0.257 e. The molecular weight excluding hydrogens is 402 g/mol. The number of hydrogen-bond acceptors (Lipinski definition) is 5. The second kappa shape index (κ2) is 9.38. The first kappa shape index (κ1) is 21.1. The highest BCUT2D eigenvalue weighted by atomic mass is 16.2. The topological polar surface area (TPSA) is 68.8 Å². The van der Waals surface area contributed by atoms with Crippen LogP contribution in [0.25, 0.3) is 0 Å². The fourth-order valence-electron chi connectivity index (χ4n) is 5.25. The van der Waals surface area contributed by atoms with Crippen molar-refractivity contribution >= 4 is 29.0 Å². The van der Waals surface area contributed by atoms with Crippen molar-refractivity contribution in [1.82, 2.24) is 14.8 Å². The van der Waals surface area contributed by atoms with Gasteiger partial charge < -0.3 is 10.2 Å². The van der Waals surface area contributed by atoms with Gasteiger partial charge in [0.25, 0.3) is 5.91 Å². The largest absolute Gasteiger partial charge is 0.319 e. The number of fused-ring (bicyclic) bond motifs is 2. The second-order valence-electron chi connectivity index (χ2n) is 9.06. The Morgan fingerprint density at radius 1 is 1.00 bits per heavy atom. The van der Waals surface area contributed by atoms with Gasteiger partial charge in [0.2, 0.25) is 5.91 Å². The minimum atomic E-state index is -0.217. The lowest BCUT2D eigenvalue weighted by molar-refractivity contribution is -0.120. The van der Waals surface area contributed by atoms with E-state index in [1.807, 2.05) is 18.2 Å². The lowest BCUT2D eigenvalue weighted by Gasteiger charge is -2.40. The number of aromatic nitrogens is 1. The van der Waals surface area contributed by atoms with Crippen LogP contribution < -0.4 is 10.2 Å². The molecule has 0 aliphatic carbocycles. The molecule has 3 aliphatic heterocycles. The Bertz CT molecular complexity index is 988. The summed E-state index contributed by atoms with van der Waals surface area (Å²) in [5.74, 6) is 0.228. The van der Waals surface area contributed by atoms with E-state index < -0.39 is 0 Å². The molecule has 0 spiro atoms. The van der Waals surface area contributed by atoms with Crippen molar-refractivity contribution in [3.63, 3.8) is 0 Å².